The van der Waals surface area contributed by atoms with Gasteiger partial charge in [0, 0.05) is 37.8 Å². The van der Waals surface area contributed by atoms with Gasteiger partial charge in [0.05, 0.1) is 18.6 Å². The molecule has 5 aliphatic rings. The van der Waals surface area contributed by atoms with Crippen molar-refractivity contribution in [3.8, 4) is 0 Å². The molecule has 4 saturated carbocycles. The Labute approximate surface area is 159 Å². The number of morpholine rings is 1. The lowest BCUT2D eigenvalue weighted by molar-refractivity contribution is -0.142. The molecule has 0 N–H and O–H groups in total. The minimum Gasteiger partial charge on any atom is -0.379 e. The maximum atomic E-state index is 13.2. The fourth-order valence-corrected chi connectivity index (χ4v) is 6.96. The Morgan fingerprint density at radius 2 is 1.77 bits per heavy atom. The van der Waals surface area contributed by atoms with Gasteiger partial charge in [0.1, 0.15) is 0 Å². The van der Waals surface area contributed by atoms with Gasteiger partial charge in [0.15, 0.2) is 4.80 Å². The molecule has 6 rings (SSSR count). The van der Waals surface area contributed by atoms with Crippen molar-refractivity contribution in [3.63, 3.8) is 0 Å². The lowest BCUT2D eigenvalue weighted by atomic mass is 9.49. The Hall–Kier alpha value is -0.980. The second-order valence-electron chi connectivity index (χ2n) is 8.95. The summed E-state index contributed by atoms with van der Waals surface area (Å²) in [5.74, 6) is 2.55. The maximum absolute atomic E-state index is 13.2. The van der Waals surface area contributed by atoms with Crippen molar-refractivity contribution in [1.82, 2.24) is 9.47 Å². The van der Waals surface area contributed by atoms with E-state index in [0.717, 1.165) is 81.2 Å². The molecule has 26 heavy (non-hydrogen) atoms. The molecule has 6 heteroatoms. The first-order valence-corrected chi connectivity index (χ1v) is 11.1. The number of hydrogen-bond donors (Lipinski definition) is 0. The topological polar surface area (TPSA) is 46.8 Å². The zero-order valence-electron chi connectivity index (χ0n) is 15.4. The van der Waals surface area contributed by atoms with Crippen LogP contribution < -0.4 is 4.80 Å². The van der Waals surface area contributed by atoms with Crippen LogP contribution in [0.4, 0.5) is 0 Å². The molecule has 1 amide bonds. The number of carbonyl (C=O) groups is 1. The maximum Gasteiger partial charge on any atom is 0.254 e. The van der Waals surface area contributed by atoms with E-state index in [4.69, 9.17) is 4.74 Å². The van der Waals surface area contributed by atoms with Crippen LogP contribution in [0, 0.1) is 23.2 Å². The molecule has 4 aliphatic carbocycles. The van der Waals surface area contributed by atoms with E-state index >= 15 is 0 Å². The Bertz CT molecular complexity index is 696. The molecular formula is C20H29N3O2S. The highest BCUT2D eigenvalue weighted by Crippen LogP contribution is 2.60. The minimum absolute atomic E-state index is 0.124. The highest BCUT2D eigenvalue weighted by atomic mass is 32.1. The number of thiazole rings is 1. The summed E-state index contributed by atoms with van der Waals surface area (Å²) < 4.78 is 7.59. The normalized spacial score (nSPS) is 37.4. The molecule has 0 aromatic carbocycles. The van der Waals surface area contributed by atoms with Crippen LogP contribution in [0.15, 0.2) is 16.6 Å². The Morgan fingerprint density at radius 3 is 2.42 bits per heavy atom. The molecule has 142 valence electrons. The smallest absolute Gasteiger partial charge is 0.254 e. The average molecular weight is 376 g/mol. The van der Waals surface area contributed by atoms with Crippen LogP contribution in [0.1, 0.15) is 38.5 Å². The molecular weight excluding hydrogens is 346 g/mol. The van der Waals surface area contributed by atoms with Crippen molar-refractivity contribution in [1.29, 1.82) is 0 Å². The third kappa shape index (κ3) is 3.20. The zero-order valence-corrected chi connectivity index (χ0v) is 16.3. The second kappa shape index (κ2) is 6.88. The molecule has 5 fully saturated rings. The van der Waals surface area contributed by atoms with Gasteiger partial charge in [0.2, 0.25) is 0 Å². The molecule has 1 saturated heterocycles. The predicted octanol–water partition coefficient (Wildman–Crippen LogP) is 2.53. The van der Waals surface area contributed by atoms with Crippen LogP contribution in [-0.2, 0) is 16.1 Å². The van der Waals surface area contributed by atoms with Gasteiger partial charge in [0.25, 0.3) is 5.91 Å². The van der Waals surface area contributed by atoms with E-state index in [1.54, 1.807) is 11.3 Å². The first-order valence-electron chi connectivity index (χ1n) is 10.2. The summed E-state index contributed by atoms with van der Waals surface area (Å²) in [7, 11) is 0. The summed E-state index contributed by atoms with van der Waals surface area (Å²) in [5, 5.41) is 2.06. The van der Waals surface area contributed by atoms with Gasteiger partial charge in [-0.25, -0.2) is 0 Å². The summed E-state index contributed by atoms with van der Waals surface area (Å²) in [6.07, 6.45) is 9.47. The van der Waals surface area contributed by atoms with Gasteiger partial charge >= 0.3 is 0 Å². The first kappa shape index (κ1) is 17.1. The van der Waals surface area contributed by atoms with Gasteiger partial charge in [-0.05, 0) is 56.3 Å². The number of nitrogens with zero attached hydrogens (tertiary/aromatic N) is 3. The molecule has 1 aliphatic heterocycles. The first-order chi connectivity index (χ1) is 12.7. The van der Waals surface area contributed by atoms with Crippen LogP contribution in [0.2, 0.25) is 0 Å². The second-order valence-corrected chi connectivity index (χ2v) is 9.82. The number of hydrogen-bond acceptors (Lipinski definition) is 4. The third-order valence-corrected chi connectivity index (χ3v) is 7.90. The van der Waals surface area contributed by atoms with Crippen LogP contribution in [0.5, 0.6) is 0 Å². The molecule has 4 bridgehead atoms. The fourth-order valence-electron chi connectivity index (χ4n) is 6.21. The van der Waals surface area contributed by atoms with Crippen molar-refractivity contribution in [2.24, 2.45) is 28.2 Å². The van der Waals surface area contributed by atoms with E-state index in [2.05, 4.69) is 26.0 Å². The van der Waals surface area contributed by atoms with Crippen LogP contribution in [0.3, 0.4) is 0 Å². The monoisotopic (exact) mass is 375 g/mol. The quantitative estimate of drug-likeness (QED) is 0.812. The Kier molecular flexibility index (Phi) is 4.53. The summed E-state index contributed by atoms with van der Waals surface area (Å²) >= 11 is 1.60. The van der Waals surface area contributed by atoms with E-state index in [-0.39, 0.29) is 11.3 Å². The number of aromatic nitrogens is 1. The van der Waals surface area contributed by atoms with Crippen molar-refractivity contribution in [2.45, 2.75) is 45.1 Å². The van der Waals surface area contributed by atoms with E-state index in [9.17, 15) is 4.79 Å². The van der Waals surface area contributed by atoms with E-state index in [0.29, 0.717) is 0 Å². The summed E-state index contributed by atoms with van der Waals surface area (Å²) in [6, 6.07) is 0. The highest BCUT2D eigenvalue weighted by Gasteiger charge is 2.54. The Morgan fingerprint density at radius 1 is 1.12 bits per heavy atom. The van der Waals surface area contributed by atoms with E-state index < -0.39 is 0 Å². The largest absolute Gasteiger partial charge is 0.379 e. The number of amides is 1. The molecule has 2 heterocycles. The van der Waals surface area contributed by atoms with Crippen LogP contribution in [0.25, 0.3) is 0 Å². The standard InChI is InChI=1S/C20H29N3O2S/c24-18(20-12-15-9-16(13-20)11-17(10-15)14-20)21-19-23(5-8-26-19)2-1-22-3-6-25-7-4-22/h5,8,15-17H,1-4,6-7,9-14H2/b21-19-. The van der Waals surface area contributed by atoms with Crippen molar-refractivity contribution < 1.29 is 9.53 Å². The molecule has 0 unspecified atom stereocenters. The minimum atomic E-state index is -0.124. The summed E-state index contributed by atoms with van der Waals surface area (Å²) in [4.78, 5) is 21.2. The van der Waals surface area contributed by atoms with Gasteiger partial charge in [-0.1, -0.05) is 0 Å². The molecule has 0 radical (unpaired) electrons. The molecule has 1 aromatic rings. The summed E-state index contributed by atoms with van der Waals surface area (Å²) in [5.41, 5.74) is -0.124. The molecule has 1 aromatic heterocycles. The van der Waals surface area contributed by atoms with Gasteiger partial charge in [-0.15, -0.1) is 11.3 Å². The van der Waals surface area contributed by atoms with Gasteiger partial charge in [-0.2, -0.15) is 4.99 Å². The lowest BCUT2D eigenvalue weighted by Gasteiger charge is -2.55. The van der Waals surface area contributed by atoms with Gasteiger partial charge < -0.3 is 9.30 Å². The lowest BCUT2D eigenvalue weighted by Crippen LogP contribution is -2.50. The number of ether oxygens (including phenoxy) is 1. The predicted molar refractivity (Wildman–Crippen MR) is 101 cm³/mol. The molecule has 5 nitrogen and oxygen atoms in total. The van der Waals surface area contributed by atoms with Crippen molar-refractivity contribution in [2.75, 3.05) is 32.8 Å². The summed E-state index contributed by atoms with van der Waals surface area (Å²) in [6.45, 7) is 5.56. The van der Waals surface area contributed by atoms with E-state index in [1.807, 2.05) is 0 Å². The van der Waals surface area contributed by atoms with Crippen LogP contribution in [-0.4, -0.2) is 48.2 Å². The van der Waals surface area contributed by atoms with Gasteiger partial charge in [-0.3, -0.25) is 9.69 Å². The molecule has 0 spiro atoms. The van der Waals surface area contributed by atoms with Crippen molar-refractivity contribution >= 4 is 17.2 Å². The SMILES string of the molecule is O=C(/N=c1\sccn1CCN1CCOCC1)C12CC3CC(CC(C3)C1)C2. The number of rotatable bonds is 4. The number of carbonyl (C=O) groups excluding carboxylic acids is 1. The Balaban J connectivity index is 1.31. The molecule has 0 atom stereocenters. The zero-order chi connectivity index (χ0) is 17.6. The highest BCUT2D eigenvalue weighted by molar-refractivity contribution is 7.07. The van der Waals surface area contributed by atoms with E-state index in [1.165, 1.54) is 19.3 Å². The van der Waals surface area contributed by atoms with Crippen molar-refractivity contribution in [3.05, 3.63) is 16.4 Å². The van der Waals surface area contributed by atoms with Crippen LogP contribution >= 0.6 is 11.3 Å². The third-order valence-electron chi connectivity index (χ3n) is 7.11. The fraction of sp³-hybridized carbons (Fsp3) is 0.800. The average Bonchev–Trinajstić information content (AvgIpc) is 3.07.